The van der Waals surface area contributed by atoms with Crippen LogP contribution in [0.3, 0.4) is 0 Å². The Kier molecular flexibility index (Phi) is 3.85. The second-order valence-corrected chi connectivity index (χ2v) is 5.74. The highest BCUT2D eigenvalue weighted by molar-refractivity contribution is 9.10. The molecule has 0 aliphatic rings. The number of halogens is 1. The number of nitrogens with two attached hydrogens (primary N) is 1. The van der Waals surface area contributed by atoms with E-state index in [1.54, 1.807) is 0 Å². The number of benzene rings is 1. The number of anilines is 3. The summed E-state index contributed by atoms with van der Waals surface area (Å²) in [6.45, 7) is 8.15. The number of aromatic nitrogens is 2. The van der Waals surface area contributed by atoms with Crippen LogP contribution in [0.1, 0.15) is 31.1 Å². The summed E-state index contributed by atoms with van der Waals surface area (Å²) in [7, 11) is 0. The molecule has 0 saturated heterocycles. The van der Waals surface area contributed by atoms with Crippen LogP contribution in [-0.4, -0.2) is 9.78 Å². The maximum Gasteiger partial charge on any atom is 0.152 e. The van der Waals surface area contributed by atoms with Gasteiger partial charge in [-0.2, -0.15) is 5.10 Å². The summed E-state index contributed by atoms with van der Waals surface area (Å²) in [5, 5.41) is 7.85. The van der Waals surface area contributed by atoms with Crippen molar-refractivity contribution < 1.29 is 0 Å². The topological polar surface area (TPSA) is 55.9 Å². The monoisotopic (exact) mass is 322 g/mol. The molecule has 1 aromatic heterocycles. The van der Waals surface area contributed by atoms with E-state index >= 15 is 0 Å². The summed E-state index contributed by atoms with van der Waals surface area (Å²) in [6.07, 6.45) is 0. The van der Waals surface area contributed by atoms with Gasteiger partial charge in [0.05, 0.1) is 17.1 Å². The van der Waals surface area contributed by atoms with E-state index in [4.69, 9.17) is 5.73 Å². The van der Waals surface area contributed by atoms with E-state index in [9.17, 15) is 0 Å². The third-order valence-electron chi connectivity index (χ3n) is 3.07. The van der Waals surface area contributed by atoms with Gasteiger partial charge in [-0.05, 0) is 55.3 Å². The molecule has 0 saturated carbocycles. The highest BCUT2D eigenvalue weighted by Crippen LogP contribution is 2.33. The van der Waals surface area contributed by atoms with E-state index in [1.807, 2.05) is 23.7 Å². The van der Waals surface area contributed by atoms with Crippen LogP contribution in [0.5, 0.6) is 0 Å². The van der Waals surface area contributed by atoms with Crippen LogP contribution in [0.15, 0.2) is 22.7 Å². The zero-order valence-electron chi connectivity index (χ0n) is 11.7. The van der Waals surface area contributed by atoms with Crippen molar-refractivity contribution in [3.05, 3.63) is 33.9 Å². The Hall–Kier alpha value is -1.49. The Bertz CT molecular complexity index is 602. The smallest absolute Gasteiger partial charge is 0.152 e. The van der Waals surface area contributed by atoms with Gasteiger partial charge in [-0.15, -0.1) is 0 Å². The Morgan fingerprint density at radius 3 is 2.63 bits per heavy atom. The molecule has 2 rings (SSSR count). The first-order valence-corrected chi connectivity index (χ1v) is 7.07. The van der Waals surface area contributed by atoms with Gasteiger partial charge in [0.1, 0.15) is 0 Å². The molecule has 0 aliphatic heterocycles. The predicted molar refractivity (Wildman–Crippen MR) is 83.9 cm³/mol. The average molecular weight is 323 g/mol. The normalized spacial score (nSPS) is 11.1. The van der Waals surface area contributed by atoms with E-state index < -0.39 is 0 Å². The van der Waals surface area contributed by atoms with E-state index in [1.165, 1.54) is 5.56 Å². The summed E-state index contributed by atoms with van der Waals surface area (Å²) in [5.74, 6) is 0.846. The largest absolute Gasteiger partial charge is 0.394 e. The van der Waals surface area contributed by atoms with Crippen LogP contribution in [0.25, 0.3) is 0 Å². The predicted octanol–water partition coefficient (Wildman–Crippen LogP) is 4.17. The highest BCUT2D eigenvalue weighted by Gasteiger charge is 2.15. The molecule has 2 aromatic rings. The molecule has 0 atom stereocenters. The zero-order chi connectivity index (χ0) is 14.2. The number of nitrogens with one attached hydrogen (secondary N) is 1. The Morgan fingerprint density at radius 1 is 1.32 bits per heavy atom. The Morgan fingerprint density at radius 2 is 2.00 bits per heavy atom. The first kappa shape index (κ1) is 13.9. The first-order chi connectivity index (χ1) is 8.91. The fraction of sp³-hybridized carbons (Fsp3) is 0.357. The molecule has 0 aliphatic carbocycles. The van der Waals surface area contributed by atoms with Crippen molar-refractivity contribution >= 4 is 33.1 Å². The highest BCUT2D eigenvalue weighted by atomic mass is 79.9. The van der Waals surface area contributed by atoms with Gasteiger partial charge in [0, 0.05) is 10.5 Å². The number of nitrogen functional groups attached to an aromatic ring is 1. The average Bonchev–Trinajstić information content (AvgIpc) is 2.63. The maximum absolute atomic E-state index is 6.12. The van der Waals surface area contributed by atoms with Gasteiger partial charge in [-0.1, -0.05) is 12.1 Å². The maximum atomic E-state index is 6.12. The molecule has 102 valence electrons. The standard InChI is InChI=1S/C14H19BrN4/c1-8(2)19-14(13(16)10(4)18-19)17-11-7-5-6-9(3)12(11)15/h5-8,17H,16H2,1-4H3. The van der Waals surface area contributed by atoms with E-state index in [-0.39, 0.29) is 6.04 Å². The lowest BCUT2D eigenvalue weighted by Gasteiger charge is -2.15. The van der Waals surface area contributed by atoms with Gasteiger partial charge in [0.2, 0.25) is 0 Å². The third kappa shape index (κ3) is 2.61. The SMILES string of the molecule is Cc1cccc(Nc2c(N)c(C)nn2C(C)C)c1Br. The molecule has 3 N–H and O–H groups in total. The van der Waals surface area contributed by atoms with Gasteiger partial charge in [-0.3, -0.25) is 0 Å². The summed E-state index contributed by atoms with van der Waals surface area (Å²) >= 11 is 3.60. The molecule has 0 amide bonds. The van der Waals surface area contributed by atoms with Gasteiger partial charge < -0.3 is 11.1 Å². The van der Waals surface area contributed by atoms with Crippen LogP contribution in [0.2, 0.25) is 0 Å². The van der Waals surface area contributed by atoms with Crippen LogP contribution in [0.4, 0.5) is 17.2 Å². The third-order valence-corrected chi connectivity index (χ3v) is 4.12. The van der Waals surface area contributed by atoms with Crippen molar-refractivity contribution in [2.75, 3.05) is 11.1 Å². The summed E-state index contributed by atoms with van der Waals surface area (Å²) in [4.78, 5) is 0. The van der Waals surface area contributed by atoms with E-state index in [0.29, 0.717) is 5.69 Å². The molecule has 4 nitrogen and oxygen atoms in total. The lowest BCUT2D eigenvalue weighted by atomic mass is 10.2. The van der Waals surface area contributed by atoms with Crippen molar-refractivity contribution in [2.45, 2.75) is 33.7 Å². The van der Waals surface area contributed by atoms with Gasteiger partial charge in [0.15, 0.2) is 5.82 Å². The van der Waals surface area contributed by atoms with Gasteiger partial charge in [0.25, 0.3) is 0 Å². The Labute approximate surface area is 122 Å². The van der Waals surface area contributed by atoms with E-state index in [2.05, 4.69) is 53.2 Å². The van der Waals surface area contributed by atoms with E-state index in [0.717, 1.165) is 21.7 Å². The van der Waals surface area contributed by atoms with Crippen LogP contribution in [-0.2, 0) is 0 Å². The first-order valence-electron chi connectivity index (χ1n) is 6.28. The summed E-state index contributed by atoms with van der Waals surface area (Å²) < 4.78 is 2.96. The summed E-state index contributed by atoms with van der Waals surface area (Å²) in [5.41, 5.74) is 9.83. The minimum Gasteiger partial charge on any atom is -0.394 e. The molecule has 0 unspecified atom stereocenters. The second kappa shape index (κ2) is 5.25. The van der Waals surface area contributed by atoms with Crippen LogP contribution in [0, 0.1) is 13.8 Å². The van der Waals surface area contributed by atoms with Crippen molar-refractivity contribution in [1.82, 2.24) is 9.78 Å². The second-order valence-electron chi connectivity index (χ2n) is 4.95. The fourth-order valence-electron chi connectivity index (χ4n) is 1.93. The summed E-state index contributed by atoms with van der Waals surface area (Å²) in [6, 6.07) is 6.34. The lowest BCUT2D eigenvalue weighted by molar-refractivity contribution is 0.536. The lowest BCUT2D eigenvalue weighted by Crippen LogP contribution is -2.08. The molecule has 0 spiro atoms. The minimum absolute atomic E-state index is 0.252. The van der Waals surface area contributed by atoms with Crippen molar-refractivity contribution in [2.24, 2.45) is 0 Å². The molecule has 19 heavy (non-hydrogen) atoms. The molecular weight excluding hydrogens is 304 g/mol. The minimum atomic E-state index is 0.252. The molecular formula is C14H19BrN4. The number of nitrogens with zero attached hydrogens (tertiary/aromatic N) is 2. The number of hydrogen-bond donors (Lipinski definition) is 2. The van der Waals surface area contributed by atoms with Crippen LogP contribution < -0.4 is 11.1 Å². The van der Waals surface area contributed by atoms with Crippen LogP contribution >= 0.6 is 15.9 Å². The zero-order valence-corrected chi connectivity index (χ0v) is 13.2. The number of rotatable bonds is 3. The van der Waals surface area contributed by atoms with Crippen molar-refractivity contribution in [3.8, 4) is 0 Å². The van der Waals surface area contributed by atoms with Gasteiger partial charge >= 0.3 is 0 Å². The molecule has 0 radical (unpaired) electrons. The number of hydrogen-bond acceptors (Lipinski definition) is 3. The molecule has 1 aromatic carbocycles. The van der Waals surface area contributed by atoms with Crippen molar-refractivity contribution in [3.63, 3.8) is 0 Å². The molecule has 0 bridgehead atoms. The van der Waals surface area contributed by atoms with Gasteiger partial charge in [-0.25, -0.2) is 4.68 Å². The Balaban J connectivity index is 2.46. The fourth-order valence-corrected chi connectivity index (χ4v) is 2.29. The van der Waals surface area contributed by atoms with Crippen molar-refractivity contribution in [1.29, 1.82) is 0 Å². The molecule has 0 fully saturated rings. The molecule has 1 heterocycles. The quantitative estimate of drug-likeness (QED) is 0.891. The number of aryl methyl sites for hydroxylation is 2. The molecule has 5 heteroatoms.